The summed E-state index contributed by atoms with van der Waals surface area (Å²) in [5, 5.41) is 3.56. The summed E-state index contributed by atoms with van der Waals surface area (Å²) in [5.41, 5.74) is 1.81. The van der Waals surface area contributed by atoms with Gasteiger partial charge in [-0.3, -0.25) is 4.79 Å². The van der Waals surface area contributed by atoms with Gasteiger partial charge in [0.25, 0.3) is 5.91 Å². The summed E-state index contributed by atoms with van der Waals surface area (Å²) >= 11 is 0. The second-order valence-electron chi connectivity index (χ2n) is 6.57. The van der Waals surface area contributed by atoms with Crippen LogP contribution in [-0.4, -0.2) is 37.7 Å². The normalized spacial score (nSPS) is 19.0. The molecule has 3 rings (SSSR count). The third-order valence-corrected chi connectivity index (χ3v) is 4.71. The van der Waals surface area contributed by atoms with Crippen LogP contribution in [0.4, 0.5) is 5.69 Å². The highest BCUT2D eigenvalue weighted by Gasteiger charge is 2.42. The zero-order valence-electron chi connectivity index (χ0n) is 15.6. The van der Waals surface area contributed by atoms with E-state index in [0.29, 0.717) is 25.3 Å². The van der Waals surface area contributed by atoms with E-state index in [9.17, 15) is 4.79 Å². The molecule has 1 N–H and O–H groups in total. The lowest BCUT2D eigenvalue weighted by atomic mass is 9.93. The standard InChI is InChI=1S/C21H26N2O3/c1-4-13-26-17-9-7-8-16(15-17)21(2)22-19-11-6-5-10-18(19)20(24)23(21)12-14-25-3/h5-11,15,22H,4,12-14H2,1-3H3. The molecule has 1 aliphatic heterocycles. The number of benzene rings is 2. The van der Waals surface area contributed by atoms with Crippen LogP contribution in [0.2, 0.25) is 0 Å². The smallest absolute Gasteiger partial charge is 0.258 e. The first-order chi connectivity index (χ1) is 12.6. The van der Waals surface area contributed by atoms with Gasteiger partial charge in [0.1, 0.15) is 11.4 Å². The molecule has 0 saturated carbocycles. The van der Waals surface area contributed by atoms with Gasteiger partial charge in [0.2, 0.25) is 0 Å². The van der Waals surface area contributed by atoms with Gasteiger partial charge in [0.15, 0.2) is 0 Å². The first kappa shape index (κ1) is 18.3. The van der Waals surface area contributed by atoms with Gasteiger partial charge in [-0.15, -0.1) is 0 Å². The molecule has 5 heteroatoms. The molecule has 138 valence electrons. The molecule has 0 spiro atoms. The second kappa shape index (κ2) is 7.79. The van der Waals surface area contributed by atoms with Crippen molar-refractivity contribution in [3.05, 3.63) is 59.7 Å². The van der Waals surface area contributed by atoms with E-state index in [1.54, 1.807) is 7.11 Å². The number of nitrogens with zero attached hydrogens (tertiary/aromatic N) is 1. The fourth-order valence-electron chi connectivity index (χ4n) is 3.30. The van der Waals surface area contributed by atoms with E-state index in [4.69, 9.17) is 9.47 Å². The Balaban J connectivity index is 2.02. The van der Waals surface area contributed by atoms with Crippen molar-refractivity contribution in [3.63, 3.8) is 0 Å². The maximum absolute atomic E-state index is 13.2. The summed E-state index contributed by atoms with van der Waals surface area (Å²) in [7, 11) is 1.65. The number of para-hydroxylation sites is 1. The summed E-state index contributed by atoms with van der Waals surface area (Å²) < 4.78 is 11.0. The Labute approximate surface area is 154 Å². The van der Waals surface area contributed by atoms with Crippen molar-refractivity contribution in [2.75, 3.05) is 32.2 Å². The molecule has 0 aromatic heterocycles. The van der Waals surface area contributed by atoms with Crippen LogP contribution < -0.4 is 10.1 Å². The Bertz CT molecular complexity index is 777. The number of methoxy groups -OCH3 is 1. The number of fused-ring (bicyclic) bond motifs is 1. The molecule has 0 bridgehead atoms. The summed E-state index contributed by atoms with van der Waals surface area (Å²) in [6, 6.07) is 15.5. The van der Waals surface area contributed by atoms with Crippen LogP contribution in [0.1, 0.15) is 36.2 Å². The van der Waals surface area contributed by atoms with Crippen LogP contribution in [0.15, 0.2) is 48.5 Å². The Morgan fingerprint density at radius 2 is 1.92 bits per heavy atom. The molecule has 0 fully saturated rings. The van der Waals surface area contributed by atoms with Crippen molar-refractivity contribution in [2.45, 2.75) is 25.9 Å². The van der Waals surface area contributed by atoms with Crippen LogP contribution in [0.3, 0.4) is 0 Å². The summed E-state index contributed by atoms with van der Waals surface area (Å²) in [4.78, 5) is 15.0. The second-order valence-corrected chi connectivity index (χ2v) is 6.57. The van der Waals surface area contributed by atoms with Gasteiger partial charge in [-0.1, -0.05) is 31.2 Å². The van der Waals surface area contributed by atoms with Crippen molar-refractivity contribution in [1.82, 2.24) is 4.90 Å². The lowest BCUT2D eigenvalue weighted by molar-refractivity contribution is 0.0437. The van der Waals surface area contributed by atoms with Crippen LogP contribution in [0.25, 0.3) is 0 Å². The number of rotatable bonds is 7. The van der Waals surface area contributed by atoms with E-state index in [-0.39, 0.29) is 5.91 Å². The summed E-state index contributed by atoms with van der Waals surface area (Å²) in [6.07, 6.45) is 0.950. The van der Waals surface area contributed by atoms with E-state index >= 15 is 0 Å². The van der Waals surface area contributed by atoms with E-state index in [2.05, 4.69) is 12.2 Å². The van der Waals surface area contributed by atoms with Crippen LogP contribution >= 0.6 is 0 Å². The van der Waals surface area contributed by atoms with Crippen molar-refractivity contribution in [1.29, 1.82) is 0 Å². The number of carbonyl (C=O) groups excluding carboxylic acids is 1. The van der Waals surface area contributed by atoms with Crippen molar-refractivity contribution < 1.29 is 14.3 Å². The molecule has 2 aromatic carbocycles. The average molecular weight is 354 g/mol. The molecule has 0 saturated heterocycles. The number of amides is 1. The van der Waals surface area contributed by atoms with Crippen LogP contribution in [0, 0.1) is 0 Å². The Kier molecular flexibility index (Phi) is 5.47. The molecular weight excluding hydrogens is 328 g/mol. The average Bonchev–Trinajstić information content (AvgIpc) is 2.66. The molecule has 1 amide bonds. The molecule has 1 aliphatic rings. The zero-order valence-corrected chi connectivity index (χ0v) is 15.6. The minimum Gasteiger partial charge on any atom is -0.494 e. The quantitative estimate of drug-likeness (QED) is 0.820. The maximum atomic E-state index is 13.2. The molecule has 2 aromatic rings. The van der Waals surface area contributed by atoms with Gasteiger partial charge in [-0.25, -0.2) is 0 Å². The van der Waals surface area contributed by atoms with Gasteiger partial charge in [0, 0.05) is 24.9 Å². The Morgan fingerprint density at radius 1 is 1.12 bits per heavy atom. The summed E-state index contributed by atoms with van der Waals surface area (Å²) in [5.74, 6) is 0.809. The third-order valence-electron chi connectivity index (χ3n) is 4.71. The van der Waals surface area contributed by atoms with Crippen molar-refractivity contribution in [3.8, 4) is 5.75 Å². The third kappa shape index (κ3) is 3.40. The van der Waals surface area contributed by atoms with E-state index in [0.717, 1.165) is 23.4 Å². The number of carbonyl (C=O) groups is 1. The van der Waals surface area contributed by atoms with Crippen molar-refractivity contribution in [2.24, 2.45) is 0 Å². The molecule has 1 unspecified atom stereocenters. The predicted molar refractivity (Wildman–Crippen MR) is 103 cm³/mol. The van der Waals surface area contributed by atoms with Crippen LogP contribution in [-0.2, 0) is 10.4 Å². The number of hydrogen-bond acceptors (Lipinski definition) is 4. The zero-order chi connectivity index (χ0) is 18.6. The van der Waals surface area contributed by atoms with Gasteiger partial charge >= 0.3 is 0 Å². The number of anilines is 1. The molecule has 1 heterocycles. The SMILES string of the molecule is CCCOc1cccc(C2(C)Nc3ccccc3C(=O)N2CCOC)c1. The monoisotopic (exact) mass is 354 g/mol. The van der Waals surface area contributed by atoms with E-state index in [1.807, 2.05) is 60.4 Å². The number of nitrogens with one attached hydrogen (secondary N) is 1. The largest absolute Gasteiger partial charge is 0.494 e. The van der Waals surface area contributed by atoms with Gasteiger partial charge in [0.05, 0.1) is 18.8 Å². The van der Waals surface area contributed by atoms with Gasteiger partial charge < -0.3 is 19.7 Å². The highest BCUT2D eigenvalue weighted by molar-refractivity contribution is 6.02. The van der Waals surface area contributed by atoms with Crippen LogP contribution in [0.5, 0.6) is 5.75 Å². The van der Waals surface area contributed by atoms with Gasteiger partial charge in [-0.05, 0) is 37.6 Å². The molecule has 5 nitrogen and oxygen atoms in total. The predicted octanol–water partition coefficient (Wildman–Crippen LogP) is 3.86. The molecule has 0 aliphatic carbocycles. The van der Waals surface area contributed by atoms with Gasteiger partial charge in [-0.2, -0.15) is 0 Å². The Morgan fingerprint density at radius 3 is 2.69 bits per heavy atom. The molecule has 0 radical (unpaired) electrons. The maximum Gasteiger partial charge on any atom is 0.258 e. The van der Waals surface area contributed by atoms with Crippen molar-refractivity contribution >= 4 is 11.6 Å². The molecular formula is C21H26N2O3. The lowest BCUT2D eigenvalue weighted by Gasteiger charge is -2.46. The fourth-order valence-corrected chi connectivity index (χ4v) is 3.30. The lowest BCUT2D eigenvalue weighted by Crippen LogP contribution is -2.56. The van der Waals surface area contributed by atoms with E-state index in [1.165, 1.54) is 0 Å². The van der Waals surface area contributed by atoms with E-state index < -0.39 is 5.66 Å². The molecule has 1 atom stereocenters. The fraction of sp³-hybridized carbons (Fsp3) is 0.381. The number of hydrogen-bond donors (Lipinski definition) is 1. The first-order valence-corrected chi connectivity index (χ1v) is 9.01. The Hall–Kier alpha value is -2.53. The highest BCUT2D eigenvalue weighted by atomic mass is 16.5. The number of ether oxygens (including phenoxy) is 2. The summed E-state index contributed by atoms with van der Waals surface area (Å²) in [6.45, 7) is 5.73. The molecule has 26 heavy (non-hydrogen) atoms. The minimum absolute atomic E-state index is 0.00113. The first-order valence-electron chi connectivity index (χ1n) is 9.01. The minimum atomic E-state index is -0.685. The topological polar surface area (TPSA) is 50.8 Å². The highest BCUT2D eigenvalue weighted by Crippen LogP contribution is 2.38.